The van der Waals surface area contributed by atoms with Crippen LogP contribution in [0.3, 0.4) is 0 Å². The average molecular weight is 449 g/mol. The van der Waals surface area contributed by atoms with Gasteiger partial charge in [0.2, 0.25) is 0 Å². The fourth-order valence-corrected chi connectivity index (χ4v) is 5.65. The van der Waals surface area contributed by atoms with E-state index in [9.17, 15) is 4.79 Å². The van der Waals surface area contributed by atoms with Crippen LogP contribution in [0.25, 0.3) is 10.6 Å². The molecule has 0 aliphatic carbocycles. The fraction of sp³-hybridized carbons (Fsp3) is 0.400. The van der Waals surface area contributed by atoms with Crippen LogP contribution in [-0.2, 0) is 4.79 Å². The van der Waals surface area contributed by atoms with Crippen molar-refractivity contribution in [2.75, 3.05) is 26.2 Å². The van der Waals surface area contributed by atoms with E-state index in [0.717, 1.165) is 36.7 Å². The number of hydrogen-bond acceptors (Lipinski definition) is 6. The van der Waals surface area contributed by atoms with E-state index in [0.29, 0.717) is 30.2 Å². The molecule has 32 heavy (non-hydrogen) atoms. The molecule has 2 aromatic heterocycles. The zero-order valence-corrected chi connectivity index (χ0v) is 19.1. The van der Waals surface area contributed by atoms with Crippen LogP contribution in [0, 0.1) is 12.8 Å². The lowest BCUT2D eigenvalue weighted by Gasteiger charge is -2.49. The summed E-state index contributed by atoms with van der Waals surface area (Å²) in [5.74, 6) is 2.50. The lowest BCUT2D eigenvalue weighted by Crippen LogP contribution is -2.56. The summed E-state index contributed by atoms with van der Waals surface area (Å²) >= 11 is 1.72. The second kappa shape index (κ2) is 9.38. The number of aryl methyl sites for hydroxylation is 1. The predicted octanol–water partition coefficient (Wildman–Crippen LogP) is 3.89. The van der Waals surface area contributed by atoms with Crippen LogP contribution < -0.4 is 10.1 Å². The molecule has 1 N–H and O–H groups in total. The molecule has 2 bridgehead atoms. The van der Waals surface area contributed by atoms with Crippen molar-refractivity contribution < 1.29 is 9.53 Å². The van der Waals surface area contributed by atoms with E-state index < -0.39 is 0 Å². The molecule has 3 fully saturated rings. The van der Waals surface area contributed by atoms with E-state index in [1.165, 1.54) is 11.3 Å². The summed E-state index contributed by atoms with van der Waals surface area (Å²) < 4.78 is 5.56. The number of rotatable bonds is 7. The molecule has 166 valence electrons. The largest absolute Gasteiger partial charge is 0.484 e. The summed E-state index contributed by atoms with van der Waals surface area (Å²) in [4.78, 5) is 25.5. The van der Waals surface area contributed by atoms with Crippen LogP contribution in [0.15, 0.2) is 53.9 Å². The number of piperidine rings is 3. The maximum atomic E-state index is 12.3. The van der Waals surface area contributed by atoms with E-state index in [1.54, 1.807) is 11.3 Å². The molecule has 3 aliphatic rings. The minimum Gasteiger partial charge on any atom is -0.484 e. The van der Waals surface area contributed by atoms with Crippen molar-refractivity contribution in [2.24, 2.45) is 5.92 Å². The number of para-hydroxylation sites is 1. The topological polar surface area (TPSA) is 67.4 Å². The summed E-state index contributed by atoms with van der Waals surface area (Å²) in [6.07, 6.45) is 2.27. The standard InChI is InChI=1S/C25H28N4O2S/c1-17-27-22(13-23(28-17)24-8-5-11-32-24)21-15-29-10-9-18(21)12-19(29)14-26-25(30)16-31-20-6-3-2-4-7-20/h2-8,11,13,18-19,21H,9-10,12,14-16H2,1H3,(H,26,30)/t18-,19+,21-/m0/s1. The van der Waals surface area contributed by atoms with Gasteiger partial charge in [-0.3, -0.25) is 9.69 Å². The van der Waals surface area contributed by atoms with Gasteiger partial charge in [0, 0.05) is 30.7 Å². The van der Waals surface area contributed by atoms with Crippen LogP contribution in [0.2, 0.25) is 0 Å². The SMILES string of the molecule is Cc1nc(-c2cccs2)cc([C@H]2CN3CC[C@H]2C[C@@H]3CNC(=O)COc2ccccc2)n1. The predicted molar refractivity (Wildman–Crippen MR) is 126 cm³/mol. The van der Waals surface area contributed by atoms with Crippen molar-refractivity contribution in [3.63, 3.8) is 0 Å². The maximum absolute atomic E-state index is 12.3. The van der Waals surface area contributed by atoms with Gasteiger partial charge >= 0.3 is 0 Å². The van der Waals surface area contributed by atoms with Gasteiger partial charge in [0.05, 0.1) is 10.6 Å². The van der Waals surface area contributed by atoms with Gasteiger partial charge in [-0.05, 0) is 61.9 Å². The number of nitrogens with zero attached hydrogens (tertiary/aromatic N) is 3. The maximum Gasteiger partial charge on any atom is 0.257 e. The lowest BCUT2D eigenvalue weighted by atomic mass is 9.74. The van der Waals surface area contributed by atoms with E-state index >= 15 is 0 Å². The molecule has 7 heteroatoms. The number of hydrogen-bond donors (Lipinski definition) is 1. The highest BCUT2D eigenvalue weighted by Crippen LogP contribution is 2.41. The number of thiophene rings is 1. The molecule has 4 atom stereocenters. The molecule has 0 saturated carbocycles. The first-order chi connectivity index (χ1) is 15.7. The van der Waals surface area contributed by atoms with Crippen molar-refractivity contribution in [1.29, 1.82) is 0 Å². The highest BCUT2D eigenvalue weighted by Gasteiger charge is 2.41. The van der Waals surface area contributed by atoms with Crippen molar-refractivity contribution in [1.82, 2.24) is 20.2 Å². The lowest BCUT2D eigenvalue weighted by molar-refractivity contribution is -0.123. The summed E-state index contributed by atoms with van der Waals surface area (Å²) in [5.41, 5.74) is 2.19. The molecule has 6 rings (SSSR count). The Kier molecular flexibility index (Phi) is 6.19. The third kappa shape index (κ3) is 4.69. The first-order valence-electron chi connectivity index (χ1n) is 11.2. The Labute approximate surface area is 192 Å². The Morgan fingerprint density at radius 1 is 1.22 bits per heavy atom. The third-order valence-corrected chi connectivity index (χ3v) is 7.43. The Hall–Kier alpha value is -2.77. The summed E-state index contributed by atoms with van der Waals surface area (Å²) in [7, 11) is 0. The normalized spacial score (nSPS) is 24.3. The number of nitrogens with one attached hydrogen (secondary N) is 1. The summed E-state index contributed by atoms with van der Waals surface area (Å²) in [6.45, 7) is 4.78. The van der Waals surface area contributed by atoms with Gasteiger partial charge in [0.15, 0.2) is 6.61 Å². The van der Waals surface area contributed by atoms with Gasteiger partial charge in [-0.25, -0.2) is 9.97 Å². The number of aromatic nitrogens is 2. The van der Waals surface area contributed by atoms with Crippen LogP contribution in [0.1, 0.15) is 30.3 Å². The highest BCUT2D eigenvalue weighted by molar-refractivity contribution is 7.13. The van der Waals surface area contributed by atoms with Gasteiger partial charge in [-0.15, -0.1) is 11.3 Å². The summed E-state index contributed by atoms with van der Waals surface area (Å²) in [5, 5.41) is 5.16. The minimum absolute atomic E-state index is 0.0501. The van der Waals surface area contributed by atoms with Gasteiger partial charge < -0.3 is 10.1 Å². The summed E-state index contributed by atoms with van der Waals surface area (Å²) in [6, 6.07) is 16.2. The first-order valence-corrected chi connectivity index (χ1v) is 12.1. The number of benzene rings is 1. The molecule has 3 saturated heterocycles. The van der Waals surface area contributed by atoms with Crippen molar-refractivity contribution in [2.45, 2.75) is 31.7 Å². The number of amides is 1. The molecular formula is C25H28N4O2S. The molecule has 3 aromatic rings. The molecule has 1 amide bonds. The van der Waals surface area contributed by atoms with Crippen LogP contribution >= 0.6 is 11.3 Å². The Balaban J connectivity index is 1.18. The van der Waals surface area contributed by atoms with Gasteiger partial charge in [-0.1, -0.05) is 24.3 Å². The zero-order chi connectivity index (χ0) is 21.9. The van der Waals surface area contributed by atoms with E-state index in [4.69, 9.17) is 9.72 Å². The minimum atomic E-state index is -0.0694. The second-order valence-corrected chi connectivity index (χ2v) is 9.60. The number of carbonyl (C=O) groups is 1. The van der Waals surface area contributed by atoms with Crippen molar-refractivity contribution in [3.8, 4) is 16.3 Å². The number of fused-ring (bicyclic) bond motifs is 3. The van der Waals surface area contributed by atoms with Gasteiger partial charge in [0.1, 0.15) is 11.6 Å². The fourth-order valence-electron chi connectivity index (χ4n) is 4.97. The smallest absolute Gasteiger partial charge is 0.257 e. The quantitative estimate of drug-likeness (QED) is 0.594. The molecule has 1 unspecified atom stereocenters. The monoisotopic (exact) mass is 448 g/mol. The van der Waals surface area contributed by atoms with Crippen LogP contribution in [0.4, 0.5) is 0 Å². The average Bonchev–Trinajstić information content (AvgIpc) is 3.37. The van der Waals surface area contributed by atoms with Crippen LogP contribution in [0.5, 0.6) is 5.75 Å². The van der Waals surface area contributed by atoms with E-state index in [-0.39, 0.29) is 12.5 Å². The third-order valence-electron chi connectivity index (χ3n) is 6.54. The molecule has 0 spiro atoms. The molecule has 3 aliphatic heterocycles. The zero-order valence-electron chi connectivity index (χ0n) is 18.2. The van der Waals surface area contributed by atoms with E-state index in [1.807, 2.05) is 37.3 Å². The Morgan fingerprint density at radius 2 is 2.09 bits per heavy atom. The molecule has 5 heterocycles. The molecule has 0 radical (unpaired) electrons. The van der Waals surface area contributed by atoms with Crippen molar-refractivity contribution >= 4 is 17.2 Å². The first kappa shape index (κ1) is 21.1. The van der Waals surface area contributed by atoms with Crippen LogP contribution in [-0.4, -0.2) is 53.1 Å². The molecular weight excluding hydrogens is 420 g/mol. The highest BCUT2D eigenvalue weighted by atomic mass is 32.1. The Morgan fingerprint density at radius 3 is 2.84 bits per heavy atom. The molecule has 6 nitrogen and oxygen atoms in total. The number of carbonyl (C=O) groups excluding carboxylic acids is 1. The van der Waals surface area contributed by atoms with Crippen molar-refractivity contribution in [3.05, 3.63) is 65.4 Å². The van der Waals surface area contributed by atoms with E-state index in [2.05, 4.69) is 38.8 Å². The van der Waals surface area contributed by atoms with Gasteiger partial charge in [-0.2, -0.15) is 0 Å². The second-order valence-electron chi connectivity index (χ2n) is 8.65. The molecule has 1 aromatic carbocycles. The number of ether oxygens (including phenoxy) is 1. The van der Waals surface area contributed by atoms with Gasteiger partial charge in [0.25, 0.3) is 5.91 Å². The Bertz CT molecular complexity index is 1060.